The van der Waals surface area contributed by atoms with Crippen molar-refractivity contribution in [1.29, 1.82) is 0 Å². The van der Waals surface area contributed by atoms with E-state index in [4.69, 9.17) is 11.6 Å². The Morgan fingerprint density at radius 1 is 1.20 bits per heavy atom. The van der Waals surface area contributed by atoms with Gasteiger partial charge in [-0.15, -0.1) is 0 Å². The van der Waals surface area contributed by atoms with Crippen LogP contribution >= 0.6 is 11.6 Å². The Bertz CT molecular complexity index is 1250. The molecule has 3 N–H and O–H groups in total. The van der Waals surface area contributed by atoms with E-state index in [-0.39, 0.29) is 21.9 Å². The van der Waals surface area contributed by atoms with Crippen molar-refractivity contribution in [2.24, 2.45) is 0 Å². The molecule has 2 aromatic heterocycles. The van der Waals surface area contributed by atoms with Gasteiger partial charge in [0.1, 0.15) is 10.7 Å². The van der Waals surface area contributed by atoms with E-state index >= 15 is 0 Å². The number of aromatic nitrogens is 3. The minimum absolute atomic E-state index is 0.0222. The molecule has 0 amide bonds. The largest absolute Gasteiger partial charge is 0.388 e. The predicted molar refractivity (Wildman–Crippen MR) is 135 cm³/mol. The summed E-state index contributed by atoms with van der Waals surface area (Å²) in [6.07, 6.45) is 6.33. The molecule has 0 bridgehead atoms. The fraction of sp³-hybridized carbons (Fsp3) is 0.696. The van der Waals surface area contributed by atoms with Crippen LogP contribution in [0.15, 0.2) is 17.1 Å². The van der Waals surface area contributed by atoms with Crippen molar-refractivity contribution in [3.8, 4) is 0 Å². The number of rotatable bonds is 5. The highest BCUT2D eigenvalue weighted by Gasteiger charge is 2.40. The Morgan fingerprint density at radius 2 is 1.91 bits per heavy atom. The van der Waals surface area contributed by atoms with Crippen molar-refractivity contribution < 1.29 is 13.5 Å². The number of fused-ring (bicyclic) bond motifs is 1. The summed E-state index contributed by atoms with van der Waals surface area (Å²) in [5.74, 6) is 0.380. The average Bonchev–Trinajstić information content (AvgIpc) is 3.19. The van der Waals surface area contributed by atoms with Crippen LogP contribution in [0, 0.1) is 0 Å². The number of nitrogens with zero attached hydrogens (tertiary/aromatic N) is 4. The van der Waals surface area contributed by atoms with Crippen molar-refractivity contribution in [1.82, 2.24) is 24.2 Å². The van der Waals surface area contributed by atoms with Gasteiger partial charge in [-0.05, 0) is 71.0 Å². The van der Waals surface area contributed by atoms with E-state index in [1.54, 1.807) is 23.5 Å². The van der Waals surface area contributed by atoms with Crippen LogP contribution in [0.1, 0.15) is 57.9 Å². The lowest BCUT2D eigenvalue weighted by Crippen LogP contribution is -2.48. The van der Waals surface area contributed by atoms with Gasteiger partial charge in [-0.2, -0.15) is 4.98 Å². The zero-order valence-electron chi connectivity index (χ0n) is 19.9. The lowest BCUT2D eigenvalue weighted by Gasteiger charge is -2.35. The number of aliphatic hydroxyl groups is 1. The summed E-state index contributed by atoms with van der Waals surface area (Å²) < 4.78 is 29.2. The van der Waals surface area contributed by atoms with E-state index in [1.165, 1.54) is 4.57 Å². The Morgan fingerprint density at radius 3 is 2.57 bits per heavy atom. The fourth-order valence-electron chi connectivity index (χ4n) is 5.72. The number of nitrogens with one attached hydrogen (secondary N) is 2. The van der Waals surface area contributed by atoms with Crippen LogP contribution in [-0.4, -0.2) is 75.4 Å². The molecule has 2 saturated heterocycles. The molecule has 1 aliphatic carbocycles. The van der Waals surface area contributed by atoms with Gasteiger partial charge in [0.25, 0.3) is 5.56 Å². The summed E-state index contributed by atoms with van der Waals surface area (Å²) in [4.78, 5) is 22.1. The van der Waals surface area contributed by atoms with Gasteiger partial charge < -0.3 is 15.7 Å². The molecule has 3 aliphatic rings. The minimum Gasteiger partial charge on any atom is -0.388 e. The zero-order chi connectivity index (χ0) is 24.8. The molecule has 12 heteroatoms. The third-order valence-electron chi connectivity index (χ3n) is 7.77. The fourth-order valence-corrected chi connectivity index (χ4v) is 7.91. The molecule has 2 aliphatic heterocycles. The third-order valence-corrected chi connectivity index (χ3v) is 10.4. The molecule has 2 aromatic rings. The first-order valence-electron chi connectivity index (χ1n) is 12.4. The standard InChI is InChI=1S/C23H33ClN6O4S/c1-23(32)8-2-3-19(23)30-20-15(13-18(24)21(30)31)14-26-22(28-20)27-16-6-11-29(12-7-16)35(33,34)17-4-9-25-10-5-17/h13-14,16-17,19,25,32H,2-12H2,1H3,(H,26,27,28)/t19-,23-/m1/s1. The molecule has 5 rings (SSSR count). The summed E-state index contributed by atoms with van der Waals surface area (Å²) >= 11 is 6.22. The van der Waals surface area contributed by atoms with E-state index in [0.717, 1.165) is 19.5 Å². The van der Waals surface area contributed by atoms with Crippen LogP contribution in [0.4, 0.5) is 5.95 Å². The van der Waals surface area contributed by atoms with E-state index in [9.17, 15) is 18.3 Å². The van der Waals surface area contributed by atoms with Gasteiger partial charge >= 0.3 is 0 Å². The van der Waals surface area contributed by atoms with Gasteiger partial charge in [0.05, 0.1) is 16.9 Å². The lowest BCUT2D eigenvalue weighted by molar-refractivity contribution is 0.0267. The van der Waals surface area contributed by atoms with E-state index in [1.807, 2.05) is 0 Å². The molecular weight excluding hydrogens is 492 g/mol. The molecule has 2 atom stereocenters. The Hall–Kier alpha value is -1.79. The monoisotopic (exact) mass is 524 g/mol. The van der Waals surface area contributed by atoms with Crippen LogP contribution in [0.25, 0.3) is 11.0 Å². The molecule has 0 radical (unpaired) electrons. The molecule has 35 heavy (non-hydrogen) atoms. The van der Waals surface area contributed by atoms with Gasteiger partial charge in [-0.1, -0.05) is 11.6 Å². The maximum absolute atomic E-state index is 13.0. The number of hydrogen-bond donors (Lipinski definition) is 3. The van der Waals surface area contributed by atoms with Crippen molar-refractivity contribution >= 4 is 38.6 Å². The SMILES string of the molecule is C[C@@]1(O)CCC[C@H]1n1c(=O)c(Cl)cc2cnc(NC3CCN(S(=O)(=O)C4CCNCC4)CC3)nc21. The van der Waals surface area contributed by atoms with Crippen molar-refractivity contribution in [3.05, 3.63) is 27.6 Å². The Balaban J connectivity index is 1.34. The first-order valence-corrected chi connectivity index (χ1v) is 14.3. The summed E-state index contributed by atoms with van der Waals surface area (Å²) in [7, 11) is -3.29. The van der Waals surface area contributed by atoms with E-state index in [2.05, 4.69) is 20.6 Å². The summed E-state index contributed by atoms with van der Waals surface area (Å²) in [6.45, 7) is 4.16. The first kappa shape index (κ1) is 24.9. The van der Waals surface area contributed by atoms with Gasteiger partial charge in [0.15, 0.2) is 0 Å². The molecule has 0 spiro atoms. The summed E-state index contributed by atoms with van der Waals surface area (Å²) in [6, 6.07) is 1.17. The van der Waals surface area contributed by atoms with Crippen LogP contribution < -0.4 is 16.2 Å². The predicted octanol–water partition coefficient (Wildman–Crippen LogP) is 1.88. The number of sulfonamides is 1. The van der Waals surface area contributed by atoms with Gasteiger partial charge in [-0.3, -0.25) is 9.36 Å². The van der Waals surface area contributed by atoms with Crippen molar-refractivity contribution in [2.45, 2.75) is 74.8 Å². The van der Waals surface area contributed by atoms with Gasteiger partial charge in [0, 0.05) is 30.7 Å². The second-order valence-electron chi connectivity index (χ2n) is 10.2. The highest BCUT2D eigenvalue weighted by atomic mass is 35.5. The highest BCUT2D eigenvalue weighted by Crippen LogP contribution is 2.39. The summed E-state index contributed by atoms with van der Waals surface area (Å²) in [5, 5.41) is 17.8. The molecule has 0 unspecified atom stereocenters. The van der Waals surface area contributed by atoms with E-state index in [0.29, 0.717) is 68.6 Å². The molecule has 0 aromatic carbocycles. The number of anilines is 1. The third kappa shape index (κ3) is 4.81. The lowest BCUT2D eigenvalue weighted by atomic mass is 10.00. The number of hydrogen-bond acceptors (Lipinski definition) is 8. The van der Waals surface area contributed by atoms with Crippen molar-refractivity contribution in [2.75, 3.05) is 31.5 Å². The van der Waals surface area contributed by atoms with Crippen LogP contribution in [0.5, 0.6) is 0 Å². The molecule has 10 nitrogen and oxygen atoms in total. The Kier molecular flexibility index (Phi) is 6.82. The topological polar surface area (TPSA) is 129 Å². The quantitative estimate of drug-likeness (QED) is 0.540. The Labute approximate surface area is 210 Å². The van der Waals surface area contributed by atoms with Crippen LogP contribution in [0.2, 0.25) is 5.02 Å². The van der Waals surface area contributed by atoms with Crippen LogP contribution in [0.3, 0.4) is 0 Å². The molecular formula is C23H33ClN6O4S. The maximum atomic E-state index is 13.0. The minimum atomic E-state index is -3.29. The zero-order valence-corrected chi connectivity index (χ0v) is 21.5. The number of halogens is 1. The van der Waals surface area contributed by atoms with Crippen molar-refractivity contribution in [3.63, 3.8) is 0 Å². The molecule has 1 saturated carbocycles. The van der Waals surface area contributed by atoms with Crippen LogP contribution in [-0.2, 0) is 10.0 Å². The second kappa shape index (κ2) is 9.59. The smallest absolute Gasteiger partial charge is 0.271 e. The highest BCUT2D eigenvalue weighted by molar-refractivity contribution is 7.89. The average molecular weight is 525 g/mol. The molecule has 4 heterocycles. The summed E-state index contributed by atoms with van der Waals surface area (Å²) in [5.41, 5.74) is -0.949. The molecule has 192 valence electrons. The number of pyridine rings is 1. The number of piperidine rings is 2. The normalized spacial score (nSPS) is 27.5. The van der Waals surface area contributed by atoms with Gasteiger partial charge in [0.2, 0.25) is 16.0 Å². The van der Waals surface area contributed by atoms with E-state index < -0.39 is 21.7 Å². The van der Waals surface area contributed by atoms with Gasteiger partial charge in [-0.25, -0.2) is 17.7 Å². The second-order valence-corrected chi connectivity index (χ2v) is 12.8. The first-order chi connectivity index (χ1) is 16.7. The molecule has 3 fully saturated rings. The maximum Gasteiger partial charge on any atom is 0.271 e.